The summed E-state index contributed by atoms with van der Waals surface area (Å²) in [5, 5.41) is 1.99. The largest absolute Gasteiger partial charge is 0.349 e. The summed E-state index contributed by atoms with van der Waals surface area (Å²) in [6.45, 7) is 1.77. The lowest BCUT2D eigenvalue weighted by atomic mass is 10.2. The first kappa shape index (κ1) is 15.7. The van der Waals surface area contributed by atoms with E-state index in [4.69, 9.17) is 10.6 Å². The van der Waals surface area contributed by atoms with Crippen molar-refractivity contribution in [3.05, 3.63) is 35.2 Å². The number of hydrogen-bond acceptors (Lipinski definition) is 5. The van der Waals surface area contributed by atoms with Gasteiger partial charge in [0, 0.05) is 15.3 Å². The topological polar surface area (TPSA) is 72.6 Å². The molecule has 0 aliphatic rings. The minimum atomic E-state index is -0.799. The van der Waals surface area contributed by atoms with Gasteiger partial charge in [0.2, 0.25) is 0 Å². The maximum atomic E-state index is 11.5. The van der Waals surface area contributed by atoms with Crippen molar-refractivity contribution >= 4 is 46.1 Å². The van der Waals surface area contributed by atoms with Crippen molar-refractivity contribution in [3.63, 3.8) is 0 Å². The number of carbonyl (C=O) groups excluding carboxylic acids is 2. The van der Waals surface area contributed by atoms with E-state index < -0.39 is 18.0 Å². The van der Waals surface area contributed by atoms with Crippen LogP contribution >= 0.6 is 24.0 Å². The van der Waals surface area contributed by atoms with Gasteiger partial charge in [0.1, 0.15) is 6.04 Å². The van der Waals surface area contributed by atoms with Gasteiger partial charge in [-0.05, 0) is 24.4 Å². The number of primary amides is 1. The highest BCUT2D eigenvalue weighted by molar-refractivity contribution is 7.80. The molecular weight excluding hydrogens is 308 g/mol. The van der Waals surface area contributed by atoms with Gasteiger partial charge in [0.05, 0.1) is 6.42 Å². The maximum Gasteiger partial charge on any atom is 0.348 e. The fraction of sp³-hybridized carbons (Fsp3) is 0.286. The van der Waals surface area contributed by atoms with E-state index >= 15 is 0 Å². The predicted octanol–water partition coefficient (Wildman–Crippen LogP) is 3.12. The second kappa shape index (κ2) is 6.82. The molecule has 2 N–H and O–H groups in total. The summed E-state index contributed by atoms with van der Waals surface area (Å²) in [4.78, 5) is 29.0. The minimum absolute atomic E-state index is 0.117. The number of amides is 2. The normalized spacial score (nSPS) is 12.1. The fourth-order valence-corrected chi connectivity index (χ4v) is 3.17. The summed E-state index contributed by atoms with van der Waals surface area (Å²) in [5.74, 6) is -0.181. The van der Waals surface area contributed by atoms with E-state index in [1.165, 1.54) is 11.3 Å². The molecule has 5 nitrogen and oxygen atoms in total. The van der Waals surface area contributed by atoms with Crippen molar-refractivity contribution in [1.29, 1.82) is 0 Å². The summed E-state index contributed by atoms with van der Waals surface area (Å²) >= 11 is 5.49. The molecule has 7 heteroatoms. The van der Waals surface area contributed by atoms with Gasteiger partial charge in [-0.2, -0.15) is 12.6 Å². The number of benzene rings is 1. The summed E-state index contributed by atoms with van der Waals surface area (Å²) in [6, 6.07) is 8.61. The second-order valence-corrected chi connectivity index (χ2v) is 6.03. The molecule has 112 valence electrons. The van der Waals surface area contributed by atoms with Crippen LogP contribution in [-0.4, -0.2) is 22.8 Å². The van der Waals surface area contributed by atoms with Gasteiger partial charge >= 0.3 is 12.0 Å². The predicted molar refractivity (Wildman–Crippen MR) is 86.2 cm³/mol. The molecule has 1 aromatic carbocycles. The van der Waals surface area contributed by atoms with E-state index in [1.807, 2.05) is 30.3 Å². The van der Waals surface area contributed by atoms with Gasteiger partial charge in [-0.25, -0.2) is 9.59 Å². The third-order valence-corrected chi connectivity index (χ3v) is 4.45. The highest BCUT2D eigenvalue weighted by Crippen LogP contribution is 2.32. The van der Waals surface area contributed by atoms with Crippen LogP contribution in [-0.2, 0) is 9.63 Å². The Hall–Kier alpha value is -1.73. The van der Waals surface area contributed by atoms with Crippen LogP contribution in [0, 0.1) is 0 Å². The molecule has 1 aromatic heterocycles. The van der Waals surface area contributed by atoms with Crippen molar-refractivity contribution in [3.8, 4) is 0 Å². The van der Waals surface area contributed by atoms with Crippen molar-refractivity contribution in [1.82, 2.24) is 5.06 Å². The van der Waals surface area contributed by atoms with Crippen LogP contribution in [0.15, 0.2) is 30.3 Å². The molecule has 0 saturated heterocycles. The standard InChI is InChI=1S/C14H16N2O3S2/c1-9(16(14(15)18)19-13(17)6-7-20)12-8-10-4-2-3-5-11(10)21-12/h2-5,8-9,20H,6-7H2,1H3,(H2,15,18). The zero-order valence-corrected chi connectivity index (χ0v) is 13.2. The Morgan fingerprint density at radius 1 is 1.43 bits per heavy atom. The first-order valence-electron chi connectivity index (χ1n) is 6.41. The van der Waals surface area contributed by atoms with E-state index in [-0.39, 0.29) is 6.42 Å². The molecule has 0 radical (unpaired) electrons. The summed E-state index contributed by atoms with van der Waals surface area (Å²) in [7, 11) is 0. The van der Waals surface area contributed by atoms with Crippen LogP contribution in [0.3, 0.4) is 0 Å². The van der Waals surface area contributed by atoms with E-state index in [0.29, 0.717) is 5.75 Å². The zero-order chi connectivity index (χ0) is 15.4. The van der Waals surface area contributed by atoms with Crippen LogP contribution in [0.2, 0.25) is 0 Å². The molecular formula is C14H16N2O3S2. The van der Waals surface area contributed by atoms with Crippen molar-refractivity contribution in [2.24, 2.45) is 5.73 Å². The number of carbonyl (C=O) groups is 2. The van der Waals surface area contributed by atoms with E-state index in [9.17, 15) is 9.59 Å². The van der Waals surface area contributed by atoms with Crippen LogP contribution < -0.4 is 5.73 Å². The average Bonchev–Trinajstić information content (AvgIpc) is 2.88. The Balaban J connectivity index is 2.23. The second-order valence-electron chi connectivity index (χ2n) is 4.46. The van der Waals surface area contributed by atoms with Crippen LogP contribution in [0.4, 0.5) is 4.79 Å². The van der Waals surface area contributed by atoms with Crippen LogP contribution in [0.25, 0.3) is 10.1 Å². The molecule has 0 aliphatic heterocycles. The number of fused-ring (bicyclic) bond motifs is 1. The van der Waals surface area contributed by atoms with Gasteiger partial charge in [-0.3, -0.25) is 0 Å². The molecule has 1 heterocycles. The molecule has 2 amide bonds. The molecule has 1 unspecified atom stereocenters. The molecule has 2 aromatic rings. The Morgan fingerprint density at radius 3 is 2.76 bits per heavy atom. The first-order valence-corrected chi connectivity index (χ1v) is 7.86. The van der Waals surface area contributed by atoms with Gasteiger partial charge in [-0.1, -0.05) is 18.2 Å². The number of nitrogens with zero attached hydrogens (tertiary/aromatic N) is 1. The third kappa shape index (κ3) is 3.68. The number of thiol groups is 1. The maximum absolute atomic E-state index is 11.5. The average molecular weight is 324 g/mol. The van der Waals surface area contributed by atoms with Gasteiger partial charge in [-0.15, -0.1) is 16.4 Å². The van der Waals surface area contributed by atoms with Crippen LogP contribution in [0.1, 0.15) is 24.3 Å². The molecule has 21 heavy (non-hydrogen) atoms. The number of thiophene rings is 1. The monoisotopic (exact) mass is 324 g/mol. The zero-order valence-electron chi connectivity index (χ0n) is 11.5. The Morgan fingerprint density at radius 2 is 2.14 bits per heavy atom. The number of urea groups is 1. The van der Waals surface area contributed by atoms with Crippen molar-refractivity contribution in [2.45, 2.75) is 19.4 Å². The highest BCUT2D eigenvalue weighted by atomic mass is 32.1. The third-order valence-electron chi connectivity index (χ3n) is 2.94. The molecule has 0 spiro atoms. The molecule has 0 saturated carbocycles. The minimum Gasteiger partial charge on any atom is -0.349 e. The molecule has 0 bridgehead atoms. The van der Waals surface area contributed by atoms with Gasteiger partial charge < -0.3 is 10.6 Å². The fourth-order valence-electron chi connectivity index (χ4n) is 1.89. The number of hydrogen-bond donors (Lipinski definition) is 2. The summed E-state index contributed by atoms with van der Waals surface area (Å²) in [6.07, 6.45) is 0.117. The van der Waals surface area contributed by atoms with Crippen molar-refractivity contribution in [2.75, 3.05) is 5.75 Å². The smallest absolute Gasteiger partial charge is 0.348 e. The van der Waals surface area contributed by atoms with Crippen molar-refractivity contribution < 1.29 is 14.4 Å². The molecule has 0 fully saturated rings. The van der Waals surface area contributed by atoms with E-state index in [1.54, 1.807) is 6.92 Å². The Bertz CT molecular complexity index is 623. The Kier molecular flexibility index (Phi) is 5.08. The quantitative estimate of drug-likeness (QED) is 0.670. The lowest BCUT2D eigenvalue weighted by molar-refractivity contribution is -0.183. The van der Waals surface area contributed by atoms with Crippen LogP contribution in [0.5, 0.6) is 0 Å². The SMILES string of the molecule is CC(c1cc2ccccc2s1)N(OC(=O)CCS)C(N)=O. The lowest BCUT2D eigenvalue weighted by Crippen LogP contribution is -2.39. The molecule has 1 atom stereocenters. The van der Waals surface area contributed by atoms with Gasteiger partial charge in [0.25, 0.3) is 0 Å². The van der Waals surface area contributed by atoms with Gasteiger partial charge in [0.15, 0.2) is 0 Å². The number of nitrogens with two attached hydrogens (primary N) is 1. The lowest BCUT2D eigenvalue weighted by Gasteiger charge is -2.24. The number of rotatable bonds is 4. The highest BCUT2D eigenvalue weighted by Gasteiger charge is 2.25. The summed E-state index contributed by atoms with van der Waals surface area (Å²) in [5.41, 5.74) is 5.31. The first-order chi connectivity index (χ1) is 10.0. The number of hydroxylamine groups is 2. The Labute approximate surface area is 132 Å². The molecule has 2 rings (SSSR count). The van der Waals surface area contributed by atoms with E-state index in [0.717, 1.165) is 20.0 Å². The molecule has 0 aliphatic carbocycles. The van der Waals surface area contributed by atoms with E-state index in [2.05, 4.69) is 12.6 Å². The summed E-state index contributed by atoms with van der Waals surface area (Å²) < 4.78 is 1.10.